The number of para-hydroxylation sites is 1. The first-order valence-corrected chi connectivity index (χ1v) is 5.95. The quantitative estimate of drug-likeness (QED) is 0.666. The molecule has 108 valence electrons. The second-order valence-corrected chi connectivity index (χ2v) is 4.31. The molecule has 2 aromatic carbocycles. The van der Waals surface area contributed by atoms with E-state index in [1.807, 2.05) is 0 Å². The van der Waals surface area contributed by atoms with Crippen LogP contribution in [0, 0.1) is 10.1 Å². The van der Waals surface area contributed by atoms with Crippen molar-refractivity contribution in [3.63, 3.8) is 0 Å². The van der Waals surface area contributed by atoms with E-state index in [1.165, 1.54) is 48.3 Å². The van der Waals surface area contributed by atoms with Crippen LogP contribution in [0.1, 0.15) is 10.4 Å². The van der Waals surface area contributed by atoms with E-state index >= 15 is 0 Å². The van der Waals surface area contributed by atoms with Crippen LogP contribution in [-0.4, -0.2) is 28.1 Å². The highest BCUT2D eigenvalue weighted by atomic mass is 16.6. The van der Waals surface area contributed by atoms with Gasteiger partial charge in [0, 0.05) is 18.8 Å². The van der Waals surface area contributed by atoms with Crippen molar-refractivity contribution >= 4 is 17.3 Å². The highest BCUT2D eigenvalue weighted by Gasteiger charge is 2.23. The van der Waals surface area contributed by atoms with Crippen molar-refractivity contribution in [3.05, 3.63) is 58.1 Å². The lowest BCUT2D eigenvalue weighted by Crippen LogP contribution is -2.26. The topological polar surface area (TPSA) is 104 Å². The highest BCUT2D eigenvalue weighted by molar-refractivity contribution is 6.08. The average molecular weight is 288 g/mol. The van der Waals surface area contributed by atoms with Gasteiger partial charge in [-0.15, -0.1) is 0 Å². The molecule has 0 saturated carbocycles. The van der Waals surface area contributed by atoms with Gasteiger partial charge < -0.3 is 15.1 Å². The smallest absolute Gasteiger partial charge is 0.311 e. The monoisotopic (exact) mass is 288 g/mol. The summed E-state index contributed by atoms with van der Waals surface area (Å²) >= 11 is 0. The van der Waals surface area contributed by atoms with Crippen LogP contribution in [0.25, 0.3) is 0 Å². The molecule has 0 aliphatic heterocycles. The van der Waals surface area contributed by atoms with E-state index in [1.54, 1.807) is 0 Å². The first-order chi connectivity index (χ1) is 9.91. The molecule has 0 unspecified atom stereocenters. The van der Waals surface area contributed by atoms with E-state index in [4.69, 9.17) is 0 Å². The third-order valence-corrected chi connectivity index (χ3v) is 2.98. The zero-order valence-corrected chi connectivity index (χ0v) is 11.1. The number of phenols is 2. The molecule has 0 aromatic heterocycles. The van der Waals surface area contributed by atoms with Gasteiger partial charge in [0.25, 0.3) is 5.91 Å². The number of hydrogen-bond acceptors (Lipinski definition) is 5. The van der Waals surface area contributed by atoms with Crippen molar-refractivity contribution in [1.29, 1.82) is 0 Å². The van der Waals surface area contributed by atoms with Crippen LogP contribution in [0.3, 0.4) is 0 Å². The van der Waals surface area contributed by atoms with Crippen molar-refractivity contribution in [1.82, 2.24) is 0 Å². The third kappa shape index (κ3) is 2.76. The van der Waals surface area contributed by atoms with Crippen molar-refractivity contribution in [2.45, 2.75) is 0 Å². The van der Waals surface area contributed by atoms with Crippen LogP contribution in [0.5, 0.6) is 11.5 Å². The molecular weight excluding hydrogens is 276 g/mol. The summed E-state index contributed by atoms with van der Waals surface area (Å²) in [6.45, 7) is 0. The number of phenolic OH excluding ortho intramolecular Hbond substituents is 2. The Kier molecular flexibility index (Phi) is 3.75. The molecule has 0 saturated heterocycles. The van der Waals surface area contributed by atoms with Gasteiger partial charge in [0.2, 0.25) is 5.75 Å². The lowest BCUT2D eigenvalue weighted by molar-refractivity contribution is -0.385. The molecule has 0 fully saturated rings. The number of hydrogen-bond donors (Lipinski definition) is 2. The Morgan fingerprint density at radius 3 is 2.33 bits per heavy atom. The molecule has 2 N–H and O–H groups in total. The molecule has 0 aliphatic carbocycles. The van der Waals surface area contributed by atoms with Crippen LogP contribution in [-0.2, 0) is 0 Å². The maximum Gasteiger partial charge on any atom is 0.311 e. The molecule has 0 bridgehead atoms. The molecule has 0 spiro atoms. The fraction of sp³-hybridized carbons (Fsp3) is 0.0714. The molecule has 0 heterocycles. The molecule has 7 nitrogen and oxygen atoms in total. The number of benzene rings is 2. The number of rotatable bonds is 3. The van der Waals surface area contributed by atoms with Crippen LogP contribution in [0.4, 0.5) is 11.4 Å². The Balaban J connectivity index is 2.38. The Bertz CT molecular complexity index is 697. The number of anilines is 1. The summed E-state index contributed by atoms with van der Waals surface area (Å²) < 4.78 is 0. The van der Waals surface area contributed by atoms with Gasteiger partial charge in [-0.05, 0) is 30.3 Å². The zero-order valence-electron chi connectivity index (χ0n) is 11.1. The summed E-state index contributed by atoms with van der Waals surface area (Å²) in [6.07, 6.45) is 0. The minimum Gasteiger partial charge on any atom is -0.508 e. The summed E-state index contributed by atoms with van der Waals surface area (Å²) in [4.78, 5) is 23.5. The molecule has 2 aromatic rings. The van der Waals surface area contributed by atoms with Gasteiger partial charge in [0.05, 0.1) is 10.5 Å². The number of nitro groups is 1. The van der Waals surface area contributed by atoms with Crippen LogP contribution >= 0.6 is 0 Å². The summed E-state index contributed by atoms with van der Waals surface area (Å²) in [5.41, 5.74) is -0.219. The van der Waals surface area contributed by atoms with Gasteiger partial charge in [-0.1, -0.05) is 6.07 Å². The number of amides is 1. The Labute approximate surface area is 119 Å². The predicted molar refractivity (Wildman–Crippen MR) is 75.6 cm³/mol. The van der Waals surface area contributed by atoms with Crippen molar-refractivity contribution in [2.75, 3.05) is 11.9 Å². The number of carbonyl (C=O) groups is 1. The van der Waals surface area contributed by atoms with Crippen molar-refractivity contribution in [2.24, 2.45) is 0 Å². The van der Waals surface area contributed by atoms with Crippen LogP contribution in [0.15, 0.2) is 42.5 Å². The molecule has 7 heteroatoms. The molecular formula is C14H12N2O5. The van der Waals surface area contributed by atoms with E-state index in [2.05, 4.69) is 0 Å². The van der Waals surface area contributed by atoms with Gasteiger partial charge >= 0.3 is 5.69 Å². The Hall–Kier alpha value is -3.09. The highest BCUT2D eigenvalue weighted by Crippen LogP contribution is 2.31. The van der Waals surface area contributed by atoms with E-state index in [0.717, 1.165) is 6.07 Å². The van der Waals surface area contributed by atoms with Crippen molar-refractivity contribution < 1.29 is 19.9 Å². The maximum atomic E-state index is 12.3. The number of nitro benzene ring substituents is 1. The van der Waals surface area contributed by atoms with Gasteiger partial charge in [0.1, 0.15) is 5.75 Å². The lowest BCUT2D eigenvalue weighted by Gasteiger charge is -2.17. The number of aromatic hydroxyl groups is 2. The second-order valence-electron chi connectivity index (χ2n) is 4.31. The normalized spacial score (nSPS) is 10.1. The van der Waals surface area contributed by atoms with E-state index in [9.17, 15) is 25.1 Å². The molecule has 1 amide bonds. The van der Waals surface area contributed by atoms with Crippen LogP contribution in [0.2, 0.25) is 0 Å². The fourth-order valence-electron chi connectivity index (χ4n) is 1.83. The predicted octanol–water partition coefficient (Wildman–Crippen LogP) is 2.28. The molecule has 2 rings (SSSR count). The van der Waals surface area contributed by atoms with Crippen LogP contribution < -0.4 is 4.90 Å². The van der Waals surface area contributed by atoms with E-state index < -0.39 is 22.3 Å². The zero-order chi connectivity index (χ0) is 15.6. The minimum atomic E-state index is -0.757. The molecule has 0 atom stereocenters. The van der Waals surface area contributed by atoms with Gasteiger partial charge in [-0.25, -0.2) is 0 Å². The van der Waals surface area contributed by atoms with Crippen molar-refractivity contribution in [3.8, 4) is 11.5 Å². The largest absolute Gasteiger partial charge is 0.508 e. The average Bonchev–Trinajstić information content (AvgIpc) is 2.46. The molecule has 21 heavy (non-hydrogen) atoms. The Morgan fingerprint density at radius 2 is 1.76 bits per heavy atom. The molecule has 0 aliphatic rings. The van der Waals surface area contributed by atoms with E-state index in [-0.39, 0.29) is 11.3 Å². The Morgan fingerprint density at radius 1 is 1.14 bits per heavy atom. The van der Waals surface area contributed by atoms with Gasteiger partial charge in [0.15, 0.2) is 0 Å². The second kappa shape index (κ2) is 5.49. The first-order valence-electron chi connectivity index (χ1n) is 5.95. The fourth-order valence-corrected chi connectivity index (χ4v) is 1.83. The van der Waals surface area contributed by atoms with E-state index in [0.29, 0.717) is 5.69 Å². The SMILES string of the molecule is CN(C(=O)c1cccc([N+](=O)[O-])c1O)c1ccc(O)cc1. The molecule has 0 radical (unpaired) electrons. The minimum absolute atomic E-state index is 0.0535. The summed E-state index contributed by atoms with van der Waals surface area (Å²) in [7, 11) is 1.47. The summed E-state index contributed by atoms with van der Waals surface area (Å²) in [5, 5.41) is 29.8. The number of carbonyl (C=O) groups excluding carboxylic acids is 1. The lowest BCUT2D eigenvalue weighted by atomic mass is 10.1. The summed E-state index contributed by atoms with van der Waals surface area (Å²) in [5.74, 6) is -1.21. The van der Waals surface area contributed by atoms with Gasteiger partial charge in [-0.2, -0.15) is 0 Å². The first kappa shape index (κ1) is 14.3. The standard InChI is InChI=1S/C14H12N2O5/c1-15(9-5-7-10(17)8-6-9)14(19)11-3-2-4-12(13(11)18)16(20)21/h2-8,17-18H,1H3. The maximum absolute atomic E-state index is 12.3. The summed E-state index contributed by atoms with van der Waals surface area (Å²) in [6, 6.07) is 9.60. The third-order valence-electron chi connectivity index (χ3n) is 2.98. The number of nitrogens with zero attached hydrogens (tertiary/aromatic N) is 2. The van der Waals surface area contributed by atoms with Gasteiger partial charge in [-0.3, -0.25) is 14.9 Å².